The molecule has 0 fully saturated rings. The number of hydrogen-bond donors (Lipinski definition) is 1. The number of carbonyl (C=O) groups is 1. The Morgan fingerprint density at radius 3 is 1.96 bits per heavy atom. The first kappa shape index (κ1) is 18.6. The van der Waals surface area contributed by atoms with E-state index in [4.69, 9.17) is 18.9 Å². The highest BCUT2D eigenvalue weighted by atomic mass is 16.6. The Labute approximate surface area is 136 Å². The zero-order chi connectivity index (χ0) is 17.6. The van der Waals surface area contributed by atoms with E-state index < -0.39 is 11.7 Å². The fourth-order valence-corrected chi connectivity index (χ4v) is 1.78. The van der Waals surface area contributed by atoms with Crippen LogP contribution in [0.4, 0.5) is 4.79 Å². The van der Waals surface area contributed by atoms with E-state index in [2.05, 4.69) is 10.5 Å². The standard InChI is InChI=1S/C16H24N2O5/c1-10(17-18-15(19)23-16(2,3)4)11-8-12(20-5)14(22-7)13(9-11)21-6/h8-9H,1-7H3,(H,18,19)/b17-10+. The molecular weight excluding hydrogens is 300 g/mol. The molecule has 7 heteroatoms. The van der Waals surface area contributed by atoms with Gasteiger partial charge in [0, 0.05) is 5.56 Å². The third-order valence-electron chi connectivity index (χ3n) is 2.80. The predicted molar refractivity (Wildman–Crippen MR) is 87.7 cm³/mol. The lowest BCUT2D eigenvalue weighted by Gasteiger charge is -2.18. The normalized spacial score (nSPS) is 11.7. The summed E-state index contributed by atoms with van der Waals surface area (Å²) in [5.74, 6) is 1.51. The molecular formula is C16H24N2O5. The van der Waals surface area contributed by atoms with E-state index in [1.54, 1.807) is 39.8 Å². The van der Waals surface area contributed by atoms with Crippen LogP contribution < -0.4 is 19.6 Å². The molecule has 0 aromatic heterocycles. The molecule has 0 aliphatic heterocycles. The minimum Gasteiger partial charge on any atom is -0.493 e. The van der Waals surface area contributed by atoms with Gasteiger partial charge >= 0.3 is 6.09 Å². The maximum atomic E-state index is 11.6. The maximum absolute atomic E-state index is 11.6. The number of methoxy groups -OCH3 is 3. The highest BCUT2D eigenvalue weighted by Crippen LogP contribution is 2.38. The third kappa shape index (κ3) is 5.36. The molecule has 0 spiro atoms. The van der Waals surface area contributed by atoms with Crippen molar-refractivity contribution in [3.8, 4) is 17.2 Å². The van der Waals surface area contributed by atoms with Crippen molar-refractivity contribution in [2.75, 3.05) is 21.3 Å². The summed E-state index contributed by atoms with van der Waals surface area (Å²) in [6, 6.07) is 3.49. The van der Waals surface area contributed by atoms with Gasteiger partial charge in [0.2, 0.25) is 5.75 Å². The van der Waals surface area contributed by atoms with Crippen LogP contribution in [0.25, 0.3) is 0 Å². The molecule has 23 heavy (non-hydrogen) atoms. The minimum absolute atomic E-state index is 0.492. The smallest absolute Gasteiger partial charge is 0.428 e. The van der Waals surface area contributed by atoms with Crippen LogP contribution in [0.3, 0.4) is 0 Å². The Morgan fingerprint density at radius 1 is 1.04 bits per heavy atom. The monoisotopic (exact) mass is 324 g/mol. The summed E-state index contributed by atoms with van der Waals surface area (Å²) in [4.78, 5) is 11.6. The summed E-state index contributed by atoms with van der Waals surface area (Å²) >= 11 is 0. The Hall–Kier alpha value is -2.44. The fourth-order valence-electron chi connectivity index (χ4n) is 1.78. The molecule has 1 amide bonds. The molecule has 1 aromatic rings. The van der Waals surface area contributed by atoms with Gasteiger partial charge in [0.25, 0.3) is 0 Å². The maximum Gasteiger partial charge on any atom is 0.428 e. The number of nitrogens with zero attached hydrogens (tertiary/aromatic N) is 1. The summed E-state index contributed by atoms with van der Waals surface area (Å²) in [6.45, 7) is 7.09. The first-order chi connectivity index (χ1) is 10.7. The molecule has 7 nitrogen and oxygen atoms in total. The van der Waals surface area contributed by atoms with Crippen molar-refractivity contribution >= 4 is 11.8 Å². The molecule has 0 bridgehead atoms. The van der Waals surface area contributed by atoms with Crippen molar-refractivity contribution in [1.82, 2.24) is 5.43 Å². The number of hydrazone groups is 1. The van der Waals surface area contributed by atoms with Gasteiger partial charge in [-0.3, -0.25) is 0 Å². The molecule has 1 N–H and O–H groups in total. The van der Waals surface area contributed by atoms with Crippen molar-refractivity contribution in [1.29, 1.82) is 0 Å². The van der Waals surface area contributed by atoms with Gasteiger partial charge in [-0.1, -0.05) is 0 Å². The van der Waals surface area contributed by atoms with Crippen molar-refractivity contribution in [3.63, 3.8) is 0 Å². The summed E-state index contributed by atoms with van der Waals surface area (Å²) in [6.07, 6.45) is -0.621. The summed E-state index contributed by atoms with van der Waals surface area (Å²) in [7, 11) is 4.60. The zero-order valence-corrected chi connectivity index (χ0v) is 14.6. The summed E-state index contributed by atoms with van der Waals surface area (Å²) < 4.78 is 21.0. The fraction of sp³-hybridized carbons (Fsp3) is 0.500. The summed E-state index contributed by atoms with van der Waals surface area (Å²) in [5, 5.41) is 4.02. The molecule has 0 radical (unpaired) electrons. The van der Waals surface area contributed by atoms with Crippen molar-refractivity contribution < 1.29 is 23.7 Å². The van der Waals surface area contributed by atoms with Crippen LogP contribution in [0.15, 0.2) is 17.2 Å². The Bertz CT molecular complexity index is 566. The molecule has 0 saturated carbocycles. The Morgan fingerprint density at radius 2 is 1.57 bits per heavy atom. The second kappa shape index (κ2) is 7.71. The molecule has 0 saturated heterocycles. The van der Waals surface area contributed by atoms with E-state index >= 15 is 0 Å². The van der Waals surface area contributed by atoms with Crippen molar-refractivity contribution in [2.24, 2.45) is 5.10 Å². The van der Waals surface area contributed by atoms with Crippen LogP contribution in [-0.2, 0) is 4.74 Å². The minimum atomic E-state index is -0.621. The highest BCUT2D eigenvalue weighted by molar-refractivity contribution is 6.00. The van der Waals surface area contributed by atoms with Gasteiger partial charge in [-0.15, -0.1) is 0 Å². The Balaban J connectivity index is 3.01. The average Bonchev–Trinajstić information content (AvgIpc) is 2.49. The molecule has 0 aliphatic rings. The first-order valence-corrected chi connectivity index (χ1v) is 7.05. The number of amides is 1. The number of benzene rings is 1. The Kier molecular flexibility index (Phi) is 6.24. The molecule has 0 unspecified atom stereocenters. The molecule has 1 aromatic carbocycles. The third-order valence-corrected chi connectivity index (χ3v) is 2.80. The SMILES string of the molecule is COc1cc(/C(C)=N/NC(=O)OC(C)(C)C)cc(OC)c1OC. The van der Waals surface area contributed by atoms with Crippen molar-refractivity contribution in [3.05, 3.63) is 17.7 Å². The number of hydrogen-bond acceptors (Lipinski definition) is 6. The van der Waals surface area contributed by atoms with Gasteiger partial charge in [0.05, 0.1) is 27.0 Å². The van der Waals surface area contributed by atoms with E-state index in [0.29, 0.717) is 23.0 Å². The summed E-state index contributed by atoms with van der Waals surface area (Å²) in [5.41, 5.74) is 3.05. The molecule has 0 heterocycles. The number of ether oxygens (including phenoxy) is 4. The van der Waals surface area contributed by atoms with Gasteiger partial charge < -0.3 is 18.9 Å². The van der Waals surface area contributed by atoms with Crippen LogP contribution in [0, 0.1) is 0 Å². The van der Waals surface area contributed by atoms with Gasteiger partial charge in [-0.05, 0) is 39.8 Å². The van der Waals surface area contributed by atoms with Gasteiger partial charge in [-0.25, -0.2) is 10.2 Å². The van der Waals surface area contributed by atoms with E-state index in [0.717, 1.165) is 5.56 Å². The average molecular weight is 324 g/mol. The highest BCUT2D eigenvalue weighted by Gasteiger charge is 2.17. The van der Waals surface area contributed by atoms with E-state index in [-0.39, 0.29) is 0 Å². The van der Waals surface area contributed by atoms with Crippen molar-refractivity contribution in [2.45, 2.75) is 33.3 Å². The van der Waals surface area contributed by atoms with E-state index in [1.807, 2.05) is 0 Å². The topological polar surface area (TPSA) is 78.4 Å². The lowest BCUT2D eigenvalue weighted by Crippen LogP contribution is -2.30. The molecule has 1 rings (SSSR count). The van der Waals surface area contributed by atoms with E-state index in [9.17, 15) is 4.79 Å². The van der Waals surface area contributed by atoms with E-state index in [1.165, 1.54) is 21.3 Å². The lowest BCUT2D eigenvalue weighted by molar-refractivity contribution is 0.0529. The van der Waals surface area contributed by atoms with Gasteiger partial charge in [0.15, 0.2) is 11.5 Å². The largest absolute Gasteiger partial charge is 0.493 e. The van der Waals surface area contributed by atoms with Gasteiger partial charge in [-0.2, -0.15) is 5.10 Å². The molecule has 128 valence electrons. The molecule has 0 aliphatic carbocycles. The number of nitrogens with one attached hydrogen (secondary N) is 1. The lowest BCUT2D eigenvalue weighted by atomic mass is 10.1. The second-order valence-corrected chi connectivity index (χ2v) is 5.72. The van der Waals surface area contributed by atoms with Crippen LogP contribution in [-0.4, -0.2) is 38.7 Å². The van der Waals surface area contributed by atoms with Crippen LogP contribution in [0.5, 0.6) is 17.2 Å². The number of rotatable bonds is 5. The predicted octanol–water partition coefficient (Wildman–Crippen LogP) is 2.96. The van der Waals surface area contributed by atoms with Crippen LogP contribution in [0.2, 0.25) is 0 Å². The molecule has 0 atom stereocenters. The zero-order valence-electron chi connectivity index (χ0n) is 14.6. The quantitative estimate of drug-likeness (QED) is 0.665. The van der Waals surface area contributed by atoms with Gasteiger partial charge in [0.1, 0.15) is 5.60 Å². The number of carbonyl (C=O) groups excluding carboxylic acids is 1. The van der Waals surface area contributed by atoms with Crippen LogP contribution in [0.1, 0.15) is 33.3 Å². The van der Waals surface area contributed by atoms with Crippen LogP contribution >= 0.6 is 0 Å². The second-order valence-electron chi connectivity index (χ2n) is 5.72. The first-order valence-electron chi connectivity index (χ1n) is 7.05.